The molecule has 1 heterocycles. The number of nitrogens with one attached hydrogen (secondary N) is 2. The van der Waals surface area contributed by atoms with E-state index in [4.69, 9.17) is 9.84 Å². The molecule has 1 aliphatic rings. The molecule has 2 rings (SSSR count). The average Bonchev–Trinajstić information content (AvgIpc) is 2.88. The van der Waals surface area contributed by atoms with E-state index >= 15 is 0 Å². The van der Waals surface area contributed by atoms with Gasteiger partial charge in [-0.2, -0.15) is 0 Å². The lowest BCUT2D eigenvalue weighted by molar-refractivity contribution is -0.162. The molecule has 210 valence electrons. The summed E-state index contributed by atoms with van der Waals surface area (Å²) < 4.78 is 5.03. The van der Waals surface area contributed by atoms with Crippen molar-refractivity contribution < 1.29 is 53.6 Å². The maximum absolute atomic E-state index is 13.2. The second-order valence-electron chi connectivity index (χ2n) is 8.45. The zero-order chi connectivity index (χ0) is 29.2. The summed E-state index contributed by atoms with van der Waals surface area (Å²) in [6, 6.07) is 5.39. The molecule has 0 aromatic heterocycles. The lowest BCUT2D eigenvalue weighted by Crippen LogP contribution is -2.72. The smallest absolute Gasteiger partial charge is 0.407 e. The van der Waals surface area contributed by atoms with Crippen LogP contribution in [0.5, 0.6) is 0 Å². The number of benzene rings is 1. The number of nitrogens with zero attached hydrogens (tertiary/aromatic N) is 2. The quantitative estimate of drug-likeness (QED) is 0.115. The molecule has 1 aromatic carbocycles. The molecule has 5 N–H and O–H groups in total. The van der Waals surface area contributed by atoms with Crippen molar-refractivity contribution in [3.63, 3.8) is 0 Å². The van der Waals surface area contributed by atoms with Crippen molar-refractivity contribution in [2.75, 3.05) is 6.54 Å². The van der Waals surface area contributed by atoms with Gasteiger partial charge in [-0.1, -0.05) is 30.3 Å². The Balaban J connectivity index is 2.07. The van der Waals surface area contributed by atoms with Gasteiger partial charge in [0.1, 0.15) is 18.6 Å². The number of barbiturate groups is 1. The summed E-state index contributed by atoms with van der Waals surface area (Å²) in [5.41, 5.74) is -2.55. The van der Waals surface area contributed by atoms with Crippen LogP contribution in [-0.4, -0.2) is 80.2 Å². The second-order valence-corrected chi connectivity index (χ2v) is 8.45. The SMILES string of the molecule is O=N[C@@]1([C@H](CCC(=O)O)C(=O)O)C(=O)NC(=O)N([C@@H](CCCCNC(=O)OCc2ccccc2)C(=O)O)C1=O. The van der Waals surface area contributed by atoms with Gasteiger partial charge in [-0.05, 0) is 36.4 Å². The number of imide groups is 2. The number of hydrogen-bond acceptors (Lipinski definition) is 10. The fourth-order valence-electron chi connectivity index (χ4n) is 3.93. The number of amides is 5. The Kier molecular flexibility index (Phi) is 10.6. The summed E-state index contributed by atoms with van der Waals surface area (Å²) in [6.07, 6.45) is -2.71. The van der Waals surface area contributed by atoms with Crippen molar-refractivity contribution in [1.29, 1.82) is 0 Å². The maximum Gasteiger partial charge on any atom is 0.407 e. The molecule has 5 amide bonds. The molecular formula is C23H26N4O12. The van der Waals surface area contributed by atoms with E-state index in [1.165, 1.54) is 0 Å². The summed E-state index contributed by atoms with van der Waals surface area (Å²) in [5, 5.41) is 34.5. The third-order valence-electron chi connectivity index (χ3n) is 5.91. The van der Waals surface area contributed by atoms with Crippen LogP contribution in [0.3, 0.4) is 0 Å². The predicted molar refractivity (Wildman–Crippen MR) is 127 cm³/mol. The first-order chi connectivity index (χ1) is 18.4. The van der Waals surface area contributed by atoms with E-state index in [1.807, 2.05) is 0 Å². The first kappa shape index (κ1) is 30.3. The number of alkyl carbamates (subject to hydrolysis) is 1. The molecule has 1 aliphatic heterocycles. The Hall–Kier alpha value is -4.89. The number of unbranched alkanes of at least 4 members (excludes halogenated alkanes) is 1. The number of carboxylic acids is 3. The number of ether oxygens (including phenoxy) is 1. The fourth-order valence-corrected chi connectivity index (χ4v) is 3.93. The molecule has 0 saturated carbocycles. The van der Waals surface area contributed by atoms with Crippen LogP contribution in [-0.2, 0) is 35.3 Å². The normalized spacial score (nSPS) is 18.5. The van der Waals surface area contributed by atoms with E-state index in [-0.39, 0.29) is 30.9 Å². The van der Waals surface area contributed by atoms with Crippen LogP contribution >= 0.6 is 0 Å². The molecule has 39 heavy (non-hydrogen) atoms. The van der Waals surface area contributed by atoms with Gasteiger partial charge in [0.2, 0.25) is 0 Å². The lowest BCUT2D eigenvalue weighted by atomic mass is 9.78. The number of hydrogen-bond donors (Lipinski definition) is 5. The average molecular weight is 550 g/mol. The molecule has 16 heteroatoms. The minimum atomic E-state index is -3.31. The van der Waals surface area contributed by atoms with E-state index in [1.54, 1.807) is 35.6 Å². The molecular weight excluding hydrogens is 524 g/mol. The van der Waals surface area contributed by atoms with Gasteiger partial charge in [-0.15, -0.1) is 4.91 Å². The van der Waals surface area contributed by atoms with Crippen molar-refractivity contribution in [3.05, 3.63) is 40.8 Å². The summed E-state index contributed by atoms with van der Waals surface area (Å²) >= 11 is 0. The van der Waals surface area contributed by atoms with E-state index < -0.39 is 78.6 Å². The molecule has 16 nitrogen and oxygen atoms in total. The molecule has 0 bridgehead atoms. The van der Waals surface area contributed by atoms with Gasteiger partial charge in [-0.3, -0.25) is 24.5 Å². The van der Waals surface area contributed by atoms with Crippen molar-refractivity contribution in [2.24, 2.45) is 11.1 Å². The molecule has 1 saturated heterocycles. The van der Waals surface area contributed by atoms with Gasteiger partial charge in [-0.25, -0.2) is 19.3 Å². The van der Waals surface area contributed by atoms with Crippen LogP contribution < -0.4 is 10.6 Å². The van der Waals surface area contributed by atoms with Crippen LogP contribution in [0.2, 0.25) is 0 Å². The zero-order valence-corrected chi connectivity index (χ0v) is 20.4. The molecule has 1 fully saturated rings. The van der Waals surface area contributed by atoms with Crippen molar-refractivity contribution in [1.82, 2.24) is 15.5 Å². The highest BCUT2D eigenvalue weighted by molar-refractivity contribution is 6.25. The van der Waals surface area contributed by atoms with E-state index in [2.05, 4.69) is 10.5 Å². The van der Waals surface area contributed by atoms with Gasteiger partial charge in [0.15, 0.2) is 0 Å². The van der Waals surface area contributed by atoms with Crippen LogP contribution in [0.1, 0.15) is 37.7 Å². The fraction of sp³-hybridized carbons (Fsp3) is 0.435. The Morgan fingerprint density at radius 1 is 1.00 bits per heavy atom. The van der Waals surface area contributed by atoms with E-state index in [0.717, 1.165) is 5.56 Å². The summed E-state index contributed by atoms with van der Waals surface area (Å²) in [7, 11) is 0. The standard InChI is InChI=1S/C23H26N4O12/c28-16(29)10-9-14(17(30)31)23(26-38)19(34)25-21(36)27(20(23)35)15(18(32)33)8-4-5-11-24-22(37)39-12-13-6-2-1-3-7-13/h1-3,6-7,14-15H,4-5,8-12H2,(H,24,37)(H,28,29)(H,30,31)(H,32,33)(H,25,34,36)/t14-,15+,23+/m1/s1. The van der Waals surface area contributed by atoms with Gasteiger partial charge < -0.3 is 25.4 Å². The number of urea groups is 1. The minimum Gasteiger partial charge on any atom is -0.481 e. The number of nitroso groups, excluding NO2 is 1. The van der Waals surface area contributed by atoms with Crippen molar-refractivity contribution in [2.45, 2.75) is 50.3 Å². The van der Waals surface area contributed by atoms with Gasteiger partial charge in [0, 0.05) is 13.0 Å². The van der Waals surface area contributed by atoms with Crippen LogP contribution in [0, 0.1) is 10.8 Å². The Bertz CT molecular complexity index is 1140. The van der Waals surface area contributed by atoms with Crippen LogP contribution in [0.4, 0.5) is 9.59 Å². The monoisotopic (exact) mass is 550 g/mol. The van der Waals surface area contributed by atoms with Crippen molar-refractivity contribution in [3.8, 4) is 0 Å². The molecule has 0 spiro atoms. The molecule has 0 radical (unpaired) electrons. The molecule has 0 aliphatic carbocycles. The second kappa shape index (κ2) is 13.6. The number of carboxylic acid groups (broad SMARTS) is 3. The molecule has 1 aromatic rings. The Labute approximate surface area is 220 Å². The number of carbonyl (C=O) groups excluding carboxylic acids is 4. The topological polar surface area (TPSA) is 246 Å². The molecule has 0 unspecified atom stereocenters. The first-order valence-corrected chi connectivity index (χ1v) is 11.6. The molecule has 3 atom stereocenters. The maximum atomic E-state index is 13.2. The highest BCUT2D eigenvalue weighted by atomic mass is 16.5. The first-order valence-electron chi connectivity index (χ1n) is 11.6. The number of aliphatic carboxylic acids is 3. The number of rotatable bonds is 15. The van der Waals surface area contributed by atoms with Crippen LogP contribution in [0.15, 0.2) is 35.5 Å². The third kappa shape index (κ3) is 7.33. The van der Waals surface area contributed by atoms with Gasteiger partial charge >= 0.3 is 30.0 Å². The summed E-state index contributed by atoms with van der Waals surface area (Å²) in [4.78, 5) is 96.4. The van der Waals surface area contributed by atoms with Crippen LogP contribution in [0.25, 0.3) is 0 Å². The Morgan fingerprint density at radius 3 is 2.23 bits per heavy atom. The van der Waals surface area contributed by atoms with Gasteiger partial charge in [0.05, 0.1) is 0 Å². The lowest BCUT2D eigenvalue weighted by Gasteiger charge is -2.39. The zero-order valence-electron chi connectivity index (χ0n) is 20.4. The highest BCUT2D eigenvalue weighted by Crippen LogP contribution is 2.34. The highest BCUT2D eigenvalue weighted by Gasteiger charge is 2.64. The largest absolute Gasteiger partial charge is 0.481 e. The third-order valence-corrected chi connectivity index (χ3v) is 5.91. The van der Waals surface area contributed by atoms with E-state index in [0.29, 0.717) is 0 Å². The Morgan fingerprint density at radius 2 is 1.67 bits per heavy atom. The summed E-state index contributed by atoms with van der Waals surface area (Å²) in [5.74, 6) is -10.9. The van der Waals surface area contributed by atoms with Gasteiger partial charge in [0.25, 0.3) is 17.4 Å². The van der Waals surface area contributed by atoms with Crippen molar-refractivity contribution >= 4 is 41.8 Å². The minimum absolute atomic E-state index is 0.0177. The van der Waals surface area contributed by atoms with E-state index in [9.17, 15) is 48.7 Å². The number of carbonyl (C=O) groups is 7. The summed E-state index contributed by atoms with van der Waals surface area (Å²) in [6.45, 7) is 0.0592. The predicted octanol–water partition coefficient (Wildman–Crippen LogP) is 0.686.